The minimum atomic E-state index is -3.88. The summed E-state index contributed by atoms with van der Waals surface area (Å²) in [7, 11) is -3.88. The van der Waals surface area contributed by atoms with Crippen molar-refractivity contribution in [2.45, 2.75) is 58.5 Å². The van der Waals surface area contributed by atoms with Crippen LogP contribution in [0.4, 0.5) is 4.39 Å². The number of hydrogen-bond donors (Lipinski definition) is 2. The molecule has 0 spiro atoms. The first-order valence-electron chi connectivity index (χ1n) is 11.0. The summed E-state index contributed by atoms with van der Waals surface area (Å²) >= 11 is 0. The van der Waals surface area contributed by atoms with Gasteiger partial charge in [0.15, 0.2) is 11.5 Å². The van der Waals surface area contributed by atoms with Crippen molar-refractivity contribution in [3.05, 3.63) is 53.3 Å². The number of hydrogen-bond acceptors (Lipinski definition) is 5. The minimum Gasteiger partial charge on any atom is -0.490 e. The van der Waals surface area contributed by atoms with Gasteiger partial charge < -0.3 is 14.8 Å². The van der Waals surface area contributed by atoms with E-state index >= 15 is 0 Å². The van der Waals surface area contributed by atoms with Crippen LogP contribution in [0.2, 0.25) is 0 Å². The van der Waals surface area contributed by atoms with Crippen molar-refractivity contribution in [1.82, 2.24) is 10.0 Å². The van der Waals surface area contributed by atoms with Gasteiger partial charge >= 0.3 is 0 Å². The zero-order valence-corrected chi connectivity index (χ0v) is 20.8. The highest BCUT2D eigenvalue weighted by atomic mass is 32.2. The first kappa shape index (κ1) is 26.6. The Kier molecular flexibility index (Phi) is 9.25. The first-order valence-corrected chi connectivity index (χ1v) is 12.5. The highest BCUT2D eigenvalue weighted by molar-refractivity contribution is 7.89. The summed E-state index contributed by atoms with van der Waals surface area (Å²) in [5, 5.41) is 2.84. The lowest BCUT2D eigenvalue weighted by atomic mass is 9.95. The molecule has 9 heteroatoms. The summed E-state index contributed by atoms with van der Waals surface area (Å²) in [6.07, 6.45) is 0. The number of benzene rings is 2. The molecular weight excluding hydrogens is 447 g/mol. The SMILES string of the molecule is CCOc1ccc(C(NC(=O)c2cc(S(=O)(=O)NC(C)C)ccc2F)C(C)C)cc1OCC. The first-order chi connectivity index (χ1) is 15.5. The summed E-state index contributed by atoms with van der Waals surface area (Å²) in [5.41, 5.74) is 0.416. The van der Waals surface area contributed by atoms with E-state index in [1.807, 2.05) is 33.8 Å². The van der Waals surface area contributed by atoms with Crippen LogP contribution in [-0.4, -0.2) is 33.6 Å². The summed E-state index contributed by atoms with van der Waals surface area (Å²) in [5.74, 6) is -0.409. The third-order valence-corrected chi connectivity index (χ3v) is 6.42. The second-order valence-electron chi connectivity index (χ2n) is 8.18. The number of sulfonamides is 1. The van der Waals surface area contributed by atoms with Crippen LogP contribution in [-0.2, 0) is 10.0 Å². The molecule has 0 radical (unpaired) electrons. The monoisotopic (exact) mass is 480 g/mol. The van der Waals surface area contributed by atoms with Crippen molar-refractivity contribution >= 4 is 15.9 Å². The van der Waals surface area contributed by atoms with E-state index < -0.39 is 27.8 Å². The Morgan fingerprint density at radius 3 is 2.18 bits per heavy atom. The standard InChI is InChI=1S/C24H33FN2O5S/c1-7-31-21-12-9-17(13-22(21)32-8-2)23(15(3)4)26-24(28)19-14-18(10-11-20(19)25)33(29,30)27-16(5)6/h9-16,23,27H,7-8H2,1-6H3,(H,26,28). The second-order valence-corrected chi connectivity index (χ2v) is 9.90. The lowest BCUT2D eigenvalue weighted by molar-refractivity contribution is 0.0921. The molecule has 0 aromatic heterocycles. The molecule has 0 aliphatic heterocycles. The van der Waals surface area contributed by atoms with Gasteiger partial charge in [0.2, 0.25) is 10.0 Å². The molecular formula is C24H33FN2O5S. The lowest BCUT2D eigenvalue weighted by Crippen LogP contribution is -2.33. The zero-order chi connectivity index (χ0) is 24.8. The van der Waals surface area contributed by atoms with Gasteiger partial charge in [-0.1, -0.05) is 19.9 Å². The van der Waals surface area contributed by atoms with Crippen LogP contribution >= 0.6 is 0 Å². The lowest BCUT2D eigenvalue weighted by Gasteiger charge is -2.24. The van der Waals surface area contributed by atoms with Crippen LogP contribution in [0.3, 0.4) is 0 Å². The van der Waals surface area contributed by atoms with Crippen molar-refractivity contribution in [3.8, 4) is 11.5 Å². The molecule has 1 atom stereocenters. The molecule has 0 aliphatic rings. The Bertz CT molecular complexity index is 1070. The van der Waals surface area contributed by atoms with Gasteiger partial charge in [0, 0.05) is 6.04 Å². The minimum absolute atomic E-state index is 0.0426. The molecule has 182 valence electrons. The molecule has 2 aromatic carbocycles. The Morgan fingerprint density at radius 2 is 1.61 bits per heavy atom. The van der Waals surface area contributed by atoms with Crippen molar-refractivity contribution in [2.24, 2.45) is 5.92 Å². The summed E-state index contributed by atoms with van der Waals surface area (Å²) in [6, 6.07) is 7.75. The van der Waals surface area contributed by atoms with Crippen molar-refractivity contribution < 1.29 is 27.1 Å². The maximum absolute atomic E-state index is 14.5. The third-order valence-electron chi connectivity index (χ3n) is 4.76. The molecule has 0 heterocycles. The molecule has 7 nitrogen and oxygen atoms in total. The molecule has 33 heavy (non-hydrogen) atoms. The summed E-state index contributed by atoms with van der Waals surface area (Å²) < 4.78 is 53.2. The van der Waals surface area contributed by atoms with Gasteiger partial charge in [-0.05, 0) is 69.5 Å². The fourth-order valence-electron chi connectivity index (χ4n) is 3.34. The van der Waals surface area contributed by atoms with Crippen molar-refractivity contribution in [2.75, 3.05) is 13.2 Å². The van der Waals surface area contributed by atoms with E-state index in [9.17, 15) is 17.6 Å². The predicted molar refractivity (Wildman–Crippen MR) is 126 cm³/mol. The van der Waals surface area contributed by atoms with E-state index in [0.717, 1.165) is 23.8 Å². The number of nitrogens with one attached hydrogen (secondary N) is 2. The number of carbonyl (C=O) groups is 1. The number of ether oxygens (including phenoxy) is 2. The van der Waals surface area contributed by atoms with E-state index in [2.05, 4.69) is 10.0 Å². The average Bonchev–Trinajstić information content (AvgIpc) is 2.72. The number of amides is 1. The molecule has 0 fully saturated rings. The van der Waals surface area contributed by atoms with E-state index in [1.54, 1.807) is 26.0 Å². The van der Waals surface area contributed by atoms with Crippen LogP contribution in [0.5, 0.6) is 11.5 Å². The Balaban J connectivity index is 2.39. The summed E-state index contributed by atoms with van der Waals surface area (Å²) in [6.45, 7) is 11.9. The van der Waals surface area contributed by atoms with Gasteiger partial charge in [-0.15, -0.1) is 0 Å². The maximum Gasteiger partial charge on any atom is 0.254 e. The number of halogens is 1. The molecule has 0 saturated carbocycles. The van der Waals surface area contributed by atoms with Crippen molar-refractivity contribution in [3.63, 3.8) is 0 Å². The van der Waals surface area contributed by atoms with E-state index in [0.29, 0.717) is 24.7 Å². The smallest absolute Gasteiger partial charge is 0.254 e. The highest BCUT2D eigenvalue weighted by Crippen LogP contribution is 2.33. The molecule has 0 aliphatic carbocycles. The molecule has 0 saturated heterocycles. The van der Waals surface area contributed by atoms with E-state index in [-0.39, 0.29) is 22.4 Å². The Hall–Kier alpha value is -2.65. The van der Waals surface area contributed by atoms with Crippen LogP contribution < -0.4 is 19.5 Å². The molecule has 2 aromatic rings. The van der Waals surface area contributed by atoms with Crippen LogP contribution in [0.25, 0.3) is 0 Å². The van der Waals surface area contributed by atoms with E-state index in [4.69, 9.17) is 9.47 Å². The van der Waals surface area contributed by atoms with E-state index in [1.165, 1.54) is 0 Å². The fourth-order valence-corrected chi connectivity index (χ4v) is 4.62. The predicted octanol–water partition coefficient (Wildman–Crippen LogP) is 4.44. The zero-order valence-electron chi connectivity index (χ0n) is 19.9. The Labute approximate surface area is 195 Å². The molecule has 1 amide bonds. The van der Waals surface area contributed by atoms with Crippen LogP contribution in [0, 0.1) is 11.7 Å². The topological polar surface area (TPSA) is 93.7 Å². The summed E-state index contributed by atoms with van der Waals surface area (Å²) in [4.78, 5) is 12.8. The van der Waals surface area contributed by atoms with Gasteiger partial charge in [0.05, 0.1) is 29.7 Å². The van der Waals surface area contributed by atoms with Gasteiger partial charge in [-0.25, -0.2) is 17.5 Å². The molecule has 2 N–H and O–H groups in total. The molecule has 0 bridgehead atoms. The largest absolute Gasteiger partial charge is 0.490 e. The average molecular weight is 481 g/mol. The van der Waals surface area contributed by atoms with Crippen LogP contribution in [0.15, 0.2) is 41.3 Å². The second kappa shape index (κ2) is 11.5. The quantitative estimate of drug-likeness (QED) is 0.496. The fraction of sp³-hybridized carbons (Fsp3) is 0.458. The highest BCUT2D eigenvalue weighted by Gasteiger charge is 2.24. The number of rotatable bonds is 11. The maximum atomic E-state index is 14.5. The van der Waals surface area contributed by atoms with Crippen LogP contribution in [0.1, 0.15) is 63.5 Å². The van der Waals surface area contributed by atoms with Gasteiger partial charge in [-0.2, -0.15) is 0 Å². The Morgan fingerprint density at radius 1 is 0.970 bits per heavy atom. The van der Waals surface area contributed by atoms with Crippen molar-refractivity contribution in [1.29, 1.82) is 0 Å². The van der Waals surface area contributed by atoms with Gasteiger partial charge in [0.25, 0.3) is 5.91 Å². The number of carbonyl (C=O) groups excluding carboxylic acids is 1. The molecule has 2 rings (SSSR count). The third kappa shape index (κ3) is 6.91. The normalized spacial score (nSPS) is 12.6. The van der Waals surface area contributed by atoms with Gasteiger partial charge in [0.1, 0.15) is 5.82 Å². The molecule has 1 unspecified atom stereocenters. The van der Waals surface area contributed by atoms with Gasteiger partial charge in [-0.3, -0.25) is 4.79 Å².